The number of ether oxygens (including phenoxy) is 1. The maximum atomic E-state index is 6.25. The minimum Gasteiger partial charge on any atom is -0.468 e. The van der Waals surface area contributed by atoms with Crippen LogP contribution in [0.2, 0.25) is 0 Å². The molecule has 2 heteroatoms. The second kappa shape index (κ2) is 3.52. The molecule has 90 valence electrons. The van der Waals surface area contributed by atoms with E-state index in [9.17, 15) is 0 Å². The SMILES string of the molecule is c1ccc2c(c1)CC1(CCc3ccccc3O1)N2. The Morgan fingerprint density at radius 1 is 0.944 bits per heavy atom. The third-order valence-corrected chi connectivity index (χ3v) is 3.93. The highest BCUT2D eigenvalue weighted by Gasteiger charge is 2.41. The van der Waals surface area contributed by atoms with E-state index in [1.807, 2.05) is 6.07 Å². The molecular weight excluding hydrogens is 222 g/mol. The van der Waals surface area contributed by atoms with Gasteiger partial charge in [-0.3, -0.25) is 0 Å². The number of hydrogen-bond acceptors (Lipinski definition) is 2. The van der Waals surface area contributed by atoms with Crippen LogP contribution in [0.1, 0.15) is 17.5 Å². The summed E-state index contributed by atoms with van der Waals surface area (Å²) in [6.07, 6.45) is 3.06. The van der Waals surface area contributed by atoms with E-state index in [0.717, 1.165) is 25.0 Å². The average Bonchev–Trinajstić information content (AvgIpc) is 2.76. The fraction of sp³-hybridized carbons (Fsp3) is 0.250. The van der Waals surface area contributed by atoms with Crippen LogP contribution in [0, 0.1) is 0 Å². The summed E-state index contributed by atoms with van der Waals surface area (Å²) in [5.41, 5.74) is 3.67. The molecule has 0 aromatic heterocycles. The average molecular weight is 237 g/mol. The summed E-state index contributed by atoms with van der Waals surface area (Å²) in [6.45, 7) is 0. The first-order chi connectivity index (χ1) is 8.85. The second-order valence-electron chi connectivity index (χ2n) is 5.16. The van der Waals surface area contributed by atoms with Gasteiger partial charge in [-0.15, -0.1) is 0 Å². The van der Waals surface area contributed by atoms with Crippen molar-refractivity contribution in [3.05, 3.63) is 59.7 Å². The van der Waals surface area contributed by atoms with Crippen LogP contribution < -0.4 is 10.1 Å². The molecule has 0 fully saturated rings. The standard InChI is InChI=1S/C16H15NO/c1-3-7-14-13(6-1)11-16(17-14)10-9-12-5-2-4-8-15(12)18-16/h1-8,17H,9-11H2. The normalized spacial score (nSPS) is 24.0. The fourth-order valence-electron chi connectivity index (χ4n) is 3.01. The van der Waals surface area contributed by atoms with E-state index >= 15 is 0 Å². The Labute approximate surface area is 107 Å². The Morgan fingerprint density at radius 2 is 1.72 bits per heavy atom. The molecular formula is C16H15NO. The molecule has 1 spiro atoms. The largest absolute Gasteiger partial charge is 0.468 e. The monoisotopic (exact) mass is 237 g/mol. The van der Waals surface area contributed by atoms with Gasteiger partial charge < -0.3 is 10.1 Å². The highest BCUT2D eigenvalue weighted by molar-refractivity contribution is 5.59. The maximum Gasteiger partial charge on any atom is 0.185 e. The highest BCUT2D eigenvalue weighted by atomic mass is 16.5. The van der Waals surface area contributed by atoms with Gasteiger partial charge in [-0.05, 0) is 29.7 Å². The van der Waals surface area contributed by atoms with Crippen molar-refractivity contribution < 1.29 is 4.74 Å². The molecule has 2 aliphatic heterocycles. The van der Waals surface area contributed by atoms with Gasteiger partial charge in [-0.2, -0.15) is 0 Å². The van der Waals surface area contributed by atoms with Crippen molar-refractivity contribution in [3.8, 4) is 5.75 Å². The van der Waals surface area contributed by atoms with Gasteiger partial charge in [0, 0.05) is 18.5 Å². The predicted octanol–water partition coefficient (Wildman–Crippen LogP) is 3.38. The van der Waals surface area contributed by atoms with Crippen LogP contribution >= 0.6 is 0 Å². The van der Waals surface area contributed by atoms with E-state index in [1.54, 1.807) is 0 Å². The number of aryl methyl sites for hydroxylation is 1. The van der Waals surface area contributed by atoms with Gasteiger partial charge in [-0.25, -0.2) is 0 Å². The van der Waals surface area contributed by atoms with E-state index in [4.69, 9.17) is 4.74 Å². The molecule has 0 aliphatic carbocycles. The van der Waals surface area contributed by atoms with Gasteiger partial charge in [0.15, 0.2) is 5.72 Å². The molecule has 1 atom stereocenters. The summed E-state index contributed by atoms with van der Waals surface area (Å²) in [5, 5.41) is 3.57. The summed E-state index contributed by atoms with van der Waals surface area (Å²) < 4.78 is 6.25. The molecule has 0 bridgehead atoms. The molecule has 2 aromatic rings. The maximum absolute atomic E-state index is 6.25. The predicted molar refractivity (Wildman–Crippen MR) is 71.9 cm³/mol. The zero-order valence-electron chi connectivity index (χ0n) is 10.1. The number of benzene rings is 2. The van der Waals surface area contributed by atoms with Crippen molar-refractivity contribution in [2.75, 3.05) is 5.32 Å². The van der Waals surface area contributed by atoms with Crippen LogP contribution in [-0.2, 0) is 12.8 Å². The lowest BCUT2D eigenvalue weighted by molar-refractivity contribution is 0.0820. The molecule has 1 N–H and O–H groups in total. The van der Waals surface area contributed by atoms with Gasteiger partial charge in [0.2, 0.25) is 0 Å². The van der Waals surface area contributed by atoms with Crippen molar-refractivity contribution in [1.29, 1.82) is 0 Å². The van der Waals surface area contributed by atoms with Crippen LogP contribution in [0.3, 0.4) is 0 Å². The van der Waals surface area contributed by atoms with Crippen LogP contribution in [0.5, 0.6) is 5.75 Å². The molecule has 2 aliphatic rings. The molecule has 0 saturated carbocycles. The summed E-state index contributed by atoms with van der Waals surface area (Å²) in [4.78, 5) is 0. The number of hydrogen-bond donors (Lipinski definition) is 1. The van der Waals surface area contributed by atoms with Gasteiger partial charge >= 0.3 is 0 Å². The summed E-state index contributed by atoms with van der Waals surface area (Å²) >= 11 is 0. The van der Waals surface area contributed by atoms with E-state index in [0.29, 0.717) is 0 Å². The van der Waals surface area contributed by atoms with Crippen LogP contribution in [0.25, 0.3) is 0 Å². The van der Waals surface area contributed by atoms with Crippen LogP contribution in [0.4, 0.5) is 5.69 Å². The van der Waals surface area contributed by atoms with E-state index < -0.39 is 0 Å². The molecule has 18 heavy (non-hydrogen) atoms. The first-order valence-electron chi connectivity index (χ1n) is 6.48. The Hall–Kier alpha value is -1.96. The van der Waals surface area contributed by atoms with Gasteiger partial charge in [0.1, 0.15) is 5.75 Å². The number of nitrogens with one attached hydrogen (secondary N) is 1. The van der Waals surface area contributed by atoms with Crippen molar-refractivity contribution in [2.45, 2.75) is 25.0 Å². The van der Waals surface area contributed by atoms with E-state index in [1.165, 1.54) is 16.8 Å². The number of anilines is 1. The van der Waals surface area contributed by atoms with Gasteiger partial charge in [0.05, 0.1) is 0 Å². The lowest BCUT2D eigenvalue weighted by atomic mass is 9.95. The molecule has 2 heterocycles. The molecule has 4 rings (SSSR count). The number of fused-ring (bicyclic) bond motifs is 2. The van der Waals surface area contributed by atoms with Crippen LogP contribution in [0.15, 0.2) is 48.5 Å². The number of rotatable bonds is 0. The van der Waals surface area contributed by atoms with Crippen molar-refractivity contribution in [2.24, 2.45) is 0 Å². The minimum atomic E-state index is -0.224. The first-order valence-corrected chi connectivity index (χ1v) is 6.48. The zero-order valence-corrected chi connectivity index (χ0v) is 10.1. The Balaban J connectivity index is 1.70. The third kappa shape index (κ3) is 1.42. The van der Waals surface area contributed by atoms with Gasteiger partial charge in [-0.1, -0.05) is 36.4 Å². The van der Waals surface area contributed by atoms with Crippen molar-refractivity contribution in [1.82, 2.24) is 0 Å². The molecule has 0 radical (unpaired) electrons. The lowest BCUT2D eigenvalue weighted by Gasteiger charge is -2.36. The number of para-hydroxylation sites is 2. The molecule has 2 nitrogen and oxygen atoms in total. The minimum absolute atomic E-state index is 0.224. The van der Waals surface area contributed by atoms with Crippen LogP contribution in [-0.4, -0.2) is 5.72 Å². The Morgan fingerprint density at radius 3 is 2.61 bits per heavy atom. The Bertz CT molecular complexity index is 581. The van der Waals surface area contributed by atoms with Gasteiger partial charge in [0.25, 0.3) is 0 Å². The van der Waals surface area contributed by atoms with E-state index in [2.05, 4.69) is 47.8 Å². The first kappa shape index (κ1) is 10.0. The third-order valence-electron chi connectivity index (χ3n) is 3.93. The highest BCUT2D eigenvalue weighted by Crippen LogP contribution is 2.41. The molecule has 1 unspecified atom stereocenters. The van der Waals surface area contributed by atoms with Crippen molar-refractivity contribution >= 4 is 5.69 Å². The topological polar surface area (TPSA) is 21.3 Å². The smallest absolute Gasteiger partial charge is 0.185 e. The zero-order chi connectivity index (χ0) is 12.0. The molecule has 0 amide bonds. The quantitative estimate of drug-likeness (QED) is 0.758. The van der Waals surface area contributed by atoms with E-state index in [-0.39, 0.29) is 5.72 Å². The Kier molecular flexibility index (Phi) is 1.95. The molecule has 2 aromatic carbocycles. The van der Waals surface area contributed by atoms with Crippen molar-refractivity contribution in [3.63, 3.8) is 0 Å². The summed E-state index contributed by atoms with van der Waals surface area (Å²) in [7, 11) is 0. The molecule has 0 saturated heterocycles. The summed E-state index contributed by atoms with van der Waals surface area (Å²) in [5.74, 6) is 1.03. The lowest BCUT2D eigenvalue weighted by Crippen LogP contribution is -2.45. The summed E-state index contributed by atoms with van der Waals surface area (Å²) in [6, 6.07) is 16.8. The fourth-order valence-corrected chi connectivity index (χ4v) is 3.01. The second-order valence-corrected chi connectivity index (χ2v) is 5.16.